The zero-order valence-electron chi connectivity index (χ0n) is 15.5. The zero-order valence-corrected chi connectivity index (χ0v) is 16.6. The topological polar surface area (TPSA) is 214 Å². The van der Waals surface area contributed by atoms with Gasteiger partial charge in [0.15, 0.2) is 0 Å². The van der Waals surface area contributed by atoms with Crippen LogP contribution in [0.25, 0.3) is 21.8 Å². The fourth-order valence-electron chi connectivity index (χ4n) is 2.40. The number of nitrogens with zero attached hydrogens (tertiary/aromatic N) is 3. The maximum atomic E-state index is 9.99. The summed E-state index contributed by atoms with van der Waals surface area (Å²) < 4.78 is 0. The summed E-state index contributed by atoms with van der Waals surface area (Å²) in [4.78, 5) is 39.3. The molecule has 1 aromatic carbocycles. The average molecular weight is 461 g/mol. The van der Waals surface area contributed by atoms with Gasteiger partial charge in [-0.1, -0.05) is 24.3 Å². The Balaban J connectivity index is 0. The van der Waals surface area contributed by atoms with Crippen LogP contribution in [0.3, 0.4) is 0 Å². The fourth-order valence-corrected chi connectivity index (χ4v) is 2.40. The molecule has 0 fully saturated rings. The van der Waals surface area contributed by atoms with Gasteiger partial charge in [0, 0.05) is 42.8 Å². The Morgan fingerprint density at radius 1 is 0.733 bits per heavy atom. The van der Waals surface area contributed by atoms with Crippen molar-refractivity contribution in [3.63, 3.8) is 0 Å². The molecule has 2 aromatic heterocycles. The summed E-state index contributed by atoms with van der Waals surface area (Å²) in [6.07, 6.45) is 3.60. The van der Waals surface area contributed by atoms with E-state index in [1.807, 2.05) is 12.1 Å². The van der Waals surface area contributed by atoms with Gasteiger partial charge in [0.1, 0.15) is 0 Å². The van der Waals surface area contributed by atoms with Gasteiger partial charge in [0.05, 0.1) is 28.9 Å². The average Bonchev–Trinajstić information content (AvgIpc) is 2.60. The Morgan fingerprint density at radius 3 is 1.37 bits per heavy atom. The number of fused-ring (bicyclic) bond motifs is 3. The second-order valence-corrected chi connectivity index (χ2v) is 5.48. The number of carboxylic acid groups (broad SMARTS) is 3. The molecule has 0 atom stereocenters. The summed E-state index contributed by atoms with van der Waals surface area (Å²) >= 11 is 0. The maximum absolute atomic E-state index is 9.99. The number of carbonyl (C=O) groups is 3. The van der Waals surface area contributed by atoms with E-state index in [1.165, 1.54) is 0 Å². The number of aliphatic carboxylic acids is 3. The molecule has 0 aliphatic heterocycles. The van der Waals surface area contributed by atoms with E-state index < -0.39 is 37.5 Å². The molecular weight excluding hydrogens is 442 g/mol. The number of benzene rings is 1. The molecule has 161 valence electrons. The van der Waals surface area contributed by atoms with E-state index in [1.54, 1.807) is 12.4 Å². The molecule has 0 aliphatic carbocycles. The Morgan fingerprint density at radius 2 is 1.07 bits per heavy atom. The number of carbonyl (C=O) groups excluding carboxylic acids is 3. The molecule has 0 saturated heterocycles. The predicted octanol–water partition coefficient (Wildman–Crippen LogP) is -4.43. The Bertz CT molecular complexity index is 893. The van der Waals surface area contributed by atoms with Crippen molar-refractivity contribution in [2.45, 2.75) is 0 Å². The van der Waals surface area contributed by atoms with E-state index in [-0.39, 0.29) is 28.0 Å². The first-order chi connectivity index (χ1) is 12.9. The van der Waals surface area contributed by atoms with Crippen LogP contribution in [-0.4, -0.2) is 57.9 Å². The van der Waals surface area contributed by atoms with E-state index in [0.29, 0.717) is 4.90 Å². The Hall–Kier alpha value is -3.15. The van der Waals surface area contributed by atoms with Crippen LogP contribution in [0, 0.1) is 0 Å². The maximum Gasteiger partial charge on any atom is 3.00 e. The van der Waals surface area contributed by atoms with Crippen molar-refractivity contribution in [2.75, 3.05) is 19.6 Å². The second-order valence-electron chi connectivity index (χ2n) is 5.48. The van der Waals surface area contributed by atoms with Gasteiger partial charge in [0.2, 0.25) is 0 Å². The molecule has 0 amide bonds. The second kappa shape index (κ2) is 13.9. The molecule has 0 unspecified atom stereocenters. The third kappa shape index (κ3) is 8.90. The van der Waals surface area contributed by atoms with E-state index >= 15 is 0 Å². The molecule has 1 radical (unpaired) electrons. The zero-order chi connectivity index (χ0) is 19.8. The standard InChI is InChI=1S/C12H8N2.C6H9NO6.Fe.2H2O/c1-3-9-5-6-10-4-2-8-14-12(10)11(9)13-7-1;8-4(9)1-7(2-5(10)11)3-6(12)13;;;/h1-8H;1-3H2,(H,8,9)(H,10,11)(H,12,13);;2*1H2/q;;+3;;/p-2. The molecule has 3 rings (SSSR count). The minimum atomic E-state index is -1.57. The summed E-state index contributed by atoms with van der Waals surface area (Å²) in [6.45, 7) is -2.37. The smallest absolute Gasteiger partial charge is 0.549 e. The number of aromatic nitrogens is 2. The van der Waals surface area contributed by atoms with Crippen molar-refractivity contribution in [3.05, 3.63) is 48.8 Å². The van der Waals surface area contributed by atoms with Crippen LogP contribution in [-0.2, 0) is 36.9 Å². The van der Waals surface area contributed by atoms with E-state index in [2.05, 4.69) is 34.2 Å². The van der Waals surface area contributed by atoms with Gasteiger partial charge in [-0.25, -0.2) is 0 Å². The third-order valence-electron chi connectivity index (χ3n) is 3.40. The van der Waals surface area contributed by atoms with E-state index in [9.17, 15) is 29.7 Å². The van der Waals surface area contributed by atoms with Crippen molar-refractivity contribution < 1.29 is 57.7 Å². The first kappa shape index (κ1) is 29.1. The molecule has 30 heavy (non-hydrogen) atoms. The van der Waals surface area contributed by atoms with Crippen LogP contribution in [0.15, 0.2) is 48.8 Å². The van der Waals surface area contributed by atoms with Crippen LogP contribution in [0.2, 0.25) is 0 Å². The summed E-state index contributed by atoms with van der Waals surface area (Å²) in [6, 6.07) is 12.1. The van der Waals surface area contributed by atoms with Crippen molar-refractivity contribution >= 4 is 39.7 Å². The summed E-state index contributed by atoms with van der Waals surface area (Å²) in [7, 11) is 0. The Kier molecular flexibility index (Phi) is 13.5. The molecule has 0 aliphatic rings. The van der Waals surface area contributed by atoms with Crippen LogP contribution >= 0.6 is 0 Å². The van der Waals surface area contributed by atoms with E-state index in [4.69, 9.17) is 0 Å². The molecule has 11 nitrogen and oxygen atoms in total. The minimum absolute atomic E-state index is 0. The van der Waals surface area contributed by atoms with Crippen LogP contribution in [0.1, 0.15) is 0 Å². The van der Waals surface area contributed by atoms with E-state index in [0.717, 1.165) is 21.8 Å². The van der Waals surface area contributed by atoms with Gasteiger partial charge in [-0.3, -0.25) is 14.9 Å². The summed E-state index contributed by atoms with van der Waals surface area (Å²) in [5.74, 6) is -4.70. The van der Waals surface area contributed by atoms with Gasteiger partial charge in [-0.15, -0.1) is 0 Å². The Labute approximate surface area is 181 Å². The normalized spacial score (nSPS) is 9.37. The molecule has 3 aromatic rings. The monoisotopic (exact) mass is 461 g/mol. The van der Waals surface area contributed by atoms with Gasteiger partial charge in [-0.05, 0) is 12.1 Å². The first-order valence-electron chi connectivity index (χ1n) is 7.77. The predicted molar refractivity (Wildman–Crippen MR) is 97.0 cm³/mol. The van der Waals surface area contributed by atoms with Crippen LogP contribution < -0.4 is 15.3 Å². The van der Waals surface area contributed by atoms with Crippen LogP contribution in [0.5, 0.6) is 0 Å². The van der Waals surface area contributed by atoms with Gasteiger partial charge < -0.3 is 40.7 Å². The summed E-state index contributed by atoms with van der Waals surface area (Å²) in [5.41, 5.74) is 1.95. The number of rotatable bonds is 6. The van der Waals surface area contributed by atoms with Gasteiger partial charge >= 0.3 is 17.1 Å². The van der Waals surface area contributed by atoms with Gasteiger partial charge in [-0.2, -0.15) is 0 Å². The molecule has 5 N–H and O–H groups in total. The minimum Gasteiger partial charge on any atom is -0.549 e. The number of pyridine rings is 2. The number of hydrogen-bond acceptors (Lipinski definition) is 9. The first-order valence-corrected chi connectivity index (χ1v) is 7.77. The number of carboxylic acids is 3. The number of hydrogen-bond donors (Lipinski definition) is 0. The molecule has 0 spiro atoms. The quantitative estimate of drug-likeness (QED) is 0.196. The van der Waals surface area contributed by atoms with Crippen molar-refractivity contribution in [2.24, 2.45) is 0 Å². The molecule has 0 bridgehead atoms. The molecule has 12 heteroatoms. The van der Waals surface area contributed by atoms with Crippen LogP contribution in [0.4, 0.5) is 0 Å². The fraction of sp³-hybridized carbons (Fsp3) is 0.167. The molecule has 0 saturated carbocycles. The van der Waals surface area contributed by atoms with Crippen molar-refractivity contribution in [1.82, 2.24) is 14.9 Å². The van der Waals surface area contributed by atoms with Crippen molar-refractivity contribution in [3.8, 4) is 0 Å². The summed E-state index contributed by atoms with van der Waals surface area (Å²) in [5, 5.41) is 32.3. The van der Waals surface area contributed by atoms with Crippen molar-refractivity contribution in [1.29, 1.82) is 0 Å². The molecule has 2 heterocycles. The van der Waals surface area contributed by atoms with Gasteiger partial charge in [0.25, 0.3) is 0 Å². The largest absolute Gasteiger partial charge is 3.00 e. The molecular formula is C18H19FeN3O8+. The SMILES string of the molecule is O.O=C([O-])CN(CC(=O)[O-])CC(=O)[O-].[Fe+3].[OH3+].c1cnc2c(c1)ccc1cccnc12. The third-order valence-corrected chi connectivity index (χ3v) is 3.40.